The molecule has 3 heteroatoms. The van der Waals surface area contributed by atoms with Crippen molar-refractivity contribution in [3.05, 3.63) is 23.4 Å². The predicted octanol–water partition coefficient (Wildman–Crippen LogP) is 3.41. The summed E-state index contributed by atoms with van der Waals surface area (Å²) in [6.07, 6.45) is 1.30. The summed E-state index contributed by atoms with van der Waals surface area (Å²) in [6.45, 7) is 12.3. The summed E-state index contributed by atoms with van der Waals surface area (Å²) in [5.41, 5.74) is 2.55. The van der Waals surface area contributed by atoms with Gasteiger partial charge in [0.1, 0.15) is 5.82 Å². The van der Waals surface area contributed by atoms with Crippen molar-refractivity contribution in [3.8, 4) is 0 Å². The van der Waals surface area contributed by atoms with Gasteiger partial charge in [-0.15, -0.1) is 0 Å². The van der Waals surface area contributed by atoms with E-state index in [1.165, 1.54) is 23.5 Å². The second kappa shape index (κ2) is 6.57. The molecule has 0 radical (unpaired) electrons. The van der Waals surface area contributed by atoms with E-state index in [0.29, 0.717) is 5.92 Å². The first kappa shape index (κ1) is 15.3. The van der Waals surface area contributed by atoms with Gasteiger partial charge in [-0.25, -0.2) is 4.98 Å². The van der Waals surface area contributed by atoms with Crippen LogP contribution >= 0.6 is 0 Å². The van der Waals surface area contributed by atoms with Crippen molar-refractivity contribution in [1.82, 2.24) is 10.3 Å². The molecule has 1 unspecified atom stereocenters. The molecule has 1 atom stereocenters. The Bertz CT molecular complexity index is 440. The Morgan fingerprint density at radius 1 is 1.30 bits per heavy atom. The fourth-order valence-corrected chi connectivity index (χ4v) is 2.90. The summed E-state index contributed by atoms with van der Waals surface area (Å²) in [5, 5.41) is 3.25. The van der Waals surface area contributed by atoms with Gasteiger partial charge < -0.3 is 10.2 Å². The Morgan fingerprint density at radius 2 is 2.05 bits per heavy atom. The standard InChI is InChI=1S/C17H29N3/c1-12(2)15-6-7-20(11-15)17-9-14(10-18-5)8-16(19-17)13(3)4/h8-9,12-13,15,18H,6-7,10-11H2,1-5H3. The zero-order chi connectivity index (χ0) is 14.7. The summed E-state index contributed by atoms with van der Waals surface area (Å²) in [7, 11) is 2.00. The van der Waals surface area contributed by atoms with E-state index < -0.39 is 0 Å². The molecule has 0 aliphatic carbocycles. The third kappa shape index (κ3) is 3.51. The van der Waals surface area contributed by atoms with Gasteiger partial charge in [-0.1, -0.05) is 27.7 Å². The smallest absolute Gasteiger partial charge is 0.129 e. The zero-order valence-corrected chi connectivity index (χ0v) is 13.6. The second-order valence-electron chi connectivity index (χ2n) is 6.68. The number of aromatic nitrogens is 1. The van der Waals surface area contributed by atoms with Crippen LogP contribution in [0.5, 0.6) is 0 Å². The number of hydrogen-bond acceptors (Lipinski definition) is 3. The SMILES string of the molecule is CNCc1cc(C(C)C)nc(N2CCC(C(C)C)C2)c1. The van der Waals surface area contributed by atoms with E-state index in [2.05, 4.69) is 50.0 Å². The Hall–Kier alpha value is -1.09. The molecule has 0 aromatic carbocycles. The van der Waals surface area contributed by atoms with Gasteiger partial charge in [-0.2, -0.15) is 0 Å². The third-order valence-electron chi connectivity index (χ3n) is 4.36. The quantitative estimate of drug-likeness (QED) is 0.892. The highest BCUT2D eigenvalue weighted by Crippen LogP contribution is 2.29. The van der Waals surface area contributed by atoms with Gasteiger partial charge in [0.2, 0.25) is 0 Å². The van der Waals surface area contributed by atoms with Crippen molar-refractivity contribution in [2.45, 2.75) is 46.6 Å². The molecule has 0 spiro atoms. The summed E-state index contributed by atoms with van der Waals surface area (Å²) < 4.78 is 0. The molecule has 1 aliphatic heterocycles. The Morgan fingerprint density at radius 3 is 2.60 bits per heavy atom. The topological polar surface area (TPSA) is 28.2 Å². The van der Waals surface area contributed by atoms with Gasteiger partial charge in [0.15, 0.2) is 0 Å². The molecule has 0 bridgehead atoms. The molecule has 3 nitrogen and oxygen atoms in total. The van der Waals surface area contributed by atoms with Crippen molar-refractivity contribution >= 4 is 5.82 Å². The van der Waals surface area contributed by atoms with Crippen LogP contribution in [0.4, 0.5) is 5.82 Å². The summed E-state index contributed by atoms with van der Waals surface area (Å²) in [6, 6.07) is 4.49. The number of anilines is 1. The third-order valence-corrected chi connectivity index (χ3v) is 4.36. The fraction of sp³-hybridized carbons (Fsp3) is 0.706. The first-order chi connectivity index (χ1) is 9.51. The van der Waals surface area contributed by atoms with E-state index in [9.17, 15) is 0 Å². The Kier molecular flexibility index (Phi) is 5.03. The maximum absolute atomic E-state index is 4.89. The number of pyridine rings is 1. The van der Waals surface area contributed by atoms with E-state index in [-0.39, 0.29) is 0 Å². The molecular weight excluding hydrogens is 246 g/mol. The van der Waals surface area contributed by atoms with Gasteiger partial charge in [-0.05, 0) is 48.9 Å². The van der Waals surface area contributed by atoms with Crippen LogP contribution in [-0.4, -0.2) is 25.1 Å². The number of rotatable bonds is 5. The van der Waals surface area contributed by atoms with Crippen molar-refractivity contribution in [3.63, 3.8) is 0 Å². The molecule has 1 aliphatic rings. The van der Waals surface area contributed by atoms with Crippen LogP contribution in [0.3, 0.4) is 0 Å². The normalized spacial score (nSPS) is 19.4. The minimum absolute atomic E-state index is 0.481. The largest absolute Gasteiger partial charge is 0.356 e. The summed E-state index contributed by atoms with van der Waals surface area (Å²) in [4.78, 5) is 7.36. The number of hydrogen-bond donors (Lipinski definition) is 1. The van der Waals surface area contributed by atoms with Gasteiger partial charge >= 0.3 is 0 Å². The van der Waals surface area contributed by atoms with E-state index >= 15 is 0 Å². The van der Waals surface area contributed by atoms with Gasteiger partial charge in [0.05, 0.1) is 0 Å². The van der Waals surface area contributed by atoms with Crippen LogP contribution in [0.25, 0.3) is 0 Å². The lowest BCUT2D eigenvalue weighted by Gasteiger charge is -2.21. The average molecular weight is 275 g/mol. The molecule has 1 saturated heterocycles. The molecule has 1 aromatic rings. The van der Waals surface area contributed by atoms with Gasteiger partial charge in [0.25, 0.3) is 0 Å². The van der Waals surface area contributed by atoms with E-state index in [1.54, 1.807) is 0 Å². The minimum Gasteiger partial charge on any atom is -0.356 e. The fourth-order valence-electron chi connectivity index (χ4n) is 2.90. The molecular formula is C17H29N3. The van der Waals surface area contributed by atoms with Crippen molar-refractivity contribution in [1.29, 1.82) is 0 Å². The Balaban J connectivity index is 2.22. The number of nitrogens with one attached hydrogen (secondary N) is 1. The van der Waals surface area contributed by atoms with E-state index in [0.717, 1.165) is 31.5 Å². The predicted molar refractivity (Wildman–Crippen MR) is 86.2 cm³/mol. The molecule has 1 N–H and O–H groups in total. The van der Waals surface area contributed by atoms with Crippen LogP contribution < -0.4 is 10.2 Å². The molecule has 2 rings (SSSR count). The zero-order valence-electron chi connectivity index (χ0n) is 13.6. The highest BCUT2D eigenvalue weighted by Gasteiger charge is 2.26. The lowest BCUT2D eigenvalue weighted by atomic mass is 9.95. The summed E-state index contributed by atoms with van der Waals surface area (Å²) >= 11 is 0. The molecule has 1 fully saturated rings. The van der Waals surface area contributed by atoms with Gasteiger partial charge in [0, 0.05) is 25.3 Å². The van der Waals surface area contributed by atoms with Crippen LogP contribution in [0.15, 0.2) is 12.1 Å². The minimum atomic E-state index is 0.481. The molecule has 20 heavy (non-hydrogen) atoms. The molecule has 0 amide bonds. The lowest BCUT2D eigenvalue weighted by Crippen LogP contribution is -2.23. The molecule has 0 saturated carbocycles. The average Bonchev–Trinajstić information content (AvgIpc) is 2.88. The number of nitrogens with zero attached hydrogens (tertiary/aromatic N) is 2. The van der Waals surface area contributed by atoms with Crippen LogP contribution in [-0.2, 0) is 6.54 Å². The second-order valence-corrected chi connectivity index (χ2v) is 6.68. The molecule has 1 aromatic heterocycles. The highest BCUT2D eigenvalue weighted by atomic mass is 15.2. The molecule has 2 heterocycles. The first-order valence-electron chi connectivity index (χ1n) is 7.91. The maximum Gasteiger partial charge on any atom is 0.129 e. The van der Waals surface area contributed by atoms with Crippen molar-refractivity contribution < 1.29 is 0 Å². The monoisotopic (exact) mass is 275 g/mol. The van der Waals surface area contributed by atoms with Crippen molar-refractivity contribution in [2.75, 3.05) is 25.0 Å². The molecule has 112 valence electrons. The van der Waals surface area contributed by atoms with Crippen molar-refractivity contribution in [2.24, 2.45) is 11.8 Å². The van der Waals surface area contributed by atoms with E-state index in [4.69, 9.17) is 4.98 Å². The Labute approximate surface area is 123 Å². The first-order valence-corrected chi connectivity index (χ1v) is 7.91. The summed E-state index contributed by atoms with van der Waals surface area (Å²) in [5.74, 6) is 3.23. The van der Waals surface area contributed by atoms with Crippen LogP contribution in [0.1, 0.15) is 51.3 Å². The van der Waals surface area contributed by atoms with E-state index in [1.807, 2.05) is 7.05 Å². The maximum atomic E-state index is 4.89. The van der Waals surface area contributed by atoms with Gasteiger partial charge in [-0.3, -0.25) is 0 Å². The lowest BCUT2D eigenvalue weighted by molar-refractivity contribution is 0.422. The van der Waals surface area contributed by atoms with Crippen LogP contribution in [0, 0.1) is 11.8 Å². The highest BCUT2D eigenvalue weighted by molar-refractivity contribution is 5.44. The van der Waals surface area contributed by atoms with Crippen LogP contribution in [0.2, 0.25) is 0 Å².